The van der Waals surface area contributed by atoms with Crippen LogP contribution in [-0.4, -0.2) is 69.1 Å². The van der Waals surface area contributed by atoms with Gasteiger partial charge in [-0.3, -0.25) is 4.90 Å². The first-order valence-electron chi connectivity index (χ1n) is 6.40. The molecule has 0 bridgehead atoms. The van der Waals surface area contributed by atoms with Crippen LogP contribution in [0.3, 0.4) is 0 Å². The fraction of sp³-hybridized carbons (Fsp3) is 1.00. The molecule has 16 heavy (non-hydrogen) atoms. The second kappa shape index (κ2) is 8.01. The van der Waals surface area contributed by atoms with E-state index < -0.39 is 0 Å². The standard InChI is InChI=1S/C12H26N2O2/c1-4-15-12(16-5-2)11-14-8-6-7-13(3)9-10-14/h12H,4-11H2,1-3H3. The van der Waals surface area contributed by atoms with Crippen LogP contribution in [0.5, 0.6) is 0 Å². The van der Waals surface area contributed by atoms with Gasteiger partial charge in [0.1, 0.15) is 0 Å². The van der Waals surface area contributed by atoms with Gasteiger partial charge in [0.15, 0.2) is 6.29 Å². The molecule has 1 aliphatic rings. The van der Waals surface area contributed by atoms with Gasteiger partial charge in [-0.2, -0.15) is 0 Å². The third-order valence-electron chi connectivity index (χ3n) is 2.92. The van der Waals surface area contributed by atoms with Gasteiger partial charge in [-0.1, -0.05) is 0 Å². The Morgan fingerprint density at radius 1 is 1.00 bits per heavy atom. The van der Waals surface area contributed by atoms with E-state index in [1.807, 2.05) is 13.8 Å². The first-order chi connectivity index (χ1) is 7.76. The molecule has 0 aromatic rings. The summed E-state index contributed by atoms with van der Waals surface area (Å²) in [4.78, 5) is 4.83. The Morgan fingerprint density at radius 3 is 2.31 bits per heavy atom. The molecule has 4 heteroatoms. The highest BCUT2D eigenvalue weighted by Gasteiger charge is 2.17. The molecule has 1 aliphatic heterocycles. The van der Waals surface area contributed by atoms with Crippen LogP contribution in [0.2, 0.25) is 0 Å². The van der Waals surface area contributed by atoms with Crippen molar-refractivity contribution in [3.63, 3.8) is 0 Å². The lowest BCUT2D eigenvalue weighted by Crippen LogP contribution is -2.37. The van der Waals surface area contributed by atoms with Gasteiger partial charge in [0.25, 0.3) is 0 Å². The summed E-state index contributed by atoms with van der Waals surface area (Å²) in [5.41, 5.74) is 0. The van der Waals surface area contributed by atoms with E-state index in [-0.39, 0.29) is 6.29 Å². The van der Waals surface area contributed by atoms with E-state index in [2.05, 4.69) is 16.8 Å². The first-order valence-corrected chi connectivity index (χ1v) is 6.40. The van der Waals surface area contributed by atoms with Crippen molar-refractivity contribution < 1.29 is 9.47 Å². The van der Waals surface area contributed by atoms with E-state index in [0.717, 1.165) is 39.4 Å². The summed E-state index contributed by atoms with van der Waals surface area (Å²) >= 11 is 0. The fourth-order valence-electron chi connectivity index (χ4n) is 2.02. The molecule has 1 saturated heterocycles. The summed E-state index contributed by atoms with van der Waals surface area (Å²) in [6, 6.07) is 0. The molecular weight excluding hydrogens is 204 g/mol. The number of likely N-dealkylation sites (N-methyl/N-ethyl adjacent to an activating group) is 1. The number of rotatable bonds is 6. The van der Waals surface area contributed by atoms with Crippen LogP contribution >= 0.6 is 0 Å². The van der Waals surface area contributed by atoms with E-state index in [1.54, 1.807) is 0 Å². The van der Waals surface area contributed by atoms with E-state index in [1.165, 1.54) is 13.0 Å². The lowest BCUT2D eigenvalue weighted by Gasteiger charge is -2.25. The maximum Gasteiger partial charge on any atom is 0.170 e. The van der Waals surface area contributed by atoms with Crippen LogP contribution in [-0.2, 0) is 9.47 Å². The molecule has 0 saturated carbocycles. The van der Waals surface area contributed by atoms with Crippen molar-refractivity contribution >= 4 is 0 Å². The molecule has 1 heterocycles. The Bertz CT molecular complexity index is 172. The van der Waals surface area contributed by atoms with Crippen molar-refractivity contribution in [2.75, 3.05) is 53.0 Å². The zero-order valence-electron chi connectivity index (χ0n) is 10.9. The van der Waals surface area contributed by atoms with Crippen molar-refractivity contribution in [3.05, 3.63) is 0 Å². The van der Waals surface area contributed by atoms with Gasteiger partial charge in [0, 0.05) is 32.8 Å². The Morgan fingerprint density at radius 2 is 1.69 bits per heavy atom. The molecule has 0 radical (unpaired) electrons. The number of ether oxygens (including phenoxy) is 2. The Hall–Kier alpha value is -0.160. The first kappa shape index (κ1) is 13.9. The smallest absolute Gasteiger partial charge is 0.170 e. The quantitative estimate of drug-likeness (QED) is 0.636. The molecule has 0 atom stereocenters. The van der Waals surface area contributed by atoms with Crippen molar-refractivity contribution in [2.45, 2.75) is 26.6 Å². The van der Waals surface area contributed by atoms with Crippen LogP contribution in [0.1, 0.15) is 20.3 Å². The van der Waals surface area contributed by atoms with Crippen LogP contribution in [0.25, 0.3) is 0 Å². The van der Waals surface area contributed by atoms with Gasteiger partial charge >= 0.3 is 0 Å². The van der Waals surface area contributed by atoms with Crippen molar-refractivity contribution in [1.82, 2.24) is 9.80 Å². The minimum absolute atomic E-state index is 0.0570. The van der Waals surface area contributed by atoms with Gasteiger partial charge < -0.3 is 14.4 Å². The zero-order chi connectivity index (χ0) is 11.8. The van der Waals surface area contributed by atoms with Crippen LogP contribution in [0, 0.1) is 0 Å². The summed E-state index contributed by atoms with van der Waals surface area (Å²) in [6.07, 6.45) is 1.18. The van der Waals surface area contributed by atoms with Gasteiger partial charge in [0.05, 0.1) is 0 Å². The Labute approximate surface area is 99.5 Å². The molecule has 0 N–H and O–H groups in total. The molecule has 0 amide bonds. The summed E-state index contributed by atoms with van der Waals surface area (Å²) < 4.78 is 11.2. The predicted molar refractivity (Wildman–Crippen MR) is 65.6 cm³/mol. The highest BCUT2D eigenvalue weighted by Crippen LogP contribution is 2.05. The van der Waals surface area contributed by atoms with Crippen LogP contribution in [0.4, 0.5) is 0 Å². The minimum Gasteiger partial charge on any atom is -0.352 e. The van der Waals surface area contributed by atoms with Crippen LogP contribution < -0.4 is 0 Å². The summed E-state index contributed by atoms with van der Waals surface area (Å²) in [5.74, 6) is 0. The third kappa shape index (κ3) is 5.25. The molecule has 0 unspecified atom stereocenters. The largest absolute Gasteiger partial charge is 0.352 e. The summed E-state index contributed by atoms with van der Waals surface area (Å²) in [5, 5.41) is 0. The van der Waals surface area contributed by atoms with Gasteiger partial charge in [-0.25, -0.2) is 0 Å². The maximum absolute atomic E-state index is 5.58. The molecular formula is C12H26N2O2. The second-order valence-corrected chi connectivity index (χ2v) is 4.30. The maximum atomic E-state index is 5.58. The van der Waals surface area contributed by atoms with Gasteiger partial charge in [-0.05, 0) is 40.4 Å². The zero-order valence-corrected chi connectivity index (χ0v) is 10.9. The predicted octanol–water partition coefficient (Wildman–Crippen LogP) is 1.02. The van der Waals surface area contributed by atoms with Gasteiger partial charge in [-0.15, -0.1) is 0 Å². The van der Waals surface area contributed by atoms with Crippen molar-refractivity contribution in [2.24, 2.45) is 0 Å². The molecule has 96 valence electrons. The molecule has 1 fully saturated rings. The van der Waals surface area contributed by atoms with Crippen LogP contribution in [0.15, 0.2) is 0 Å². The Balaban J connectivity index is 2.31. The molecule has 0 spiro atoms. The topological polar surface area (TPSA) is 24.9 Å². The third-order valence-corrected chi connectivity index (χ3v) is 2.92. The lowest BCUT2D eigenvalue weighted by molar-refractivity contribution is -0.146. The van der Waals surface area contributed by atoms with Crippen molar-refractivity contribution in [3.8, 4) is 0 Å². The van der Waals surface area contributed by atoms with E-state index in [4.69, 9.17) is 9.47 Å². The highest BCUT2D eigenvalue weighted by molar-refractivity contribution is 4.68. The number of hydrogen-bond donors (Lipinski definition) is 0. The minimum atomic E-state index is -0.0570. The second-order valence-electron chi connectivity index (χ2n) is 4.30. The normalized spacial score (nSPS) is 20.2. The lowest BCUT2D eigenvalue weighted by atomic mass is 10.4. The summed E-state index contributed by atoms with van der Waals surface area (Å²) in [6.45, 7) is 11.0. The number of nitrogens with zero attached hydrogens (tertiary/aromatic N) is 2. The average Bonchev–Trinajstić information content (AvgIpc) is 2.45. The van der Waals surface area contributed by atoms with Gasteiger partial charge in [0.2, 0.25) is 0 Å². The Kier molecular flexibility index (Phi) is 6.96. The number of hydrogen-bond acceptors (Lipinski definition) is 4. The van der Waals surface area contributed by atoms with E-state index in [0.29, 0.717) is 0 Å². The fourth-order valence-corrected chi connectivity index (χ4v) is 2.02. The average molecular weight is 230 g/mol. The molecule has 4 nitrogen and oxygen atoms in total. The van der Waals surface area contributed by atoms with Crippen molar-refractivity contribution in [1.29, 1.82) is 0 Å². The monoisotopic (exact) mass is 230 g/mol. The van der Waals surface area contributed by atoms with E-state index >= 15 is 0 Å². The summed E-state index contributed by atoms with van der Waals surface area (Å²) in [7, 11) is 2.19. The highest BCUT2D eigenvalue weighted by atomic mass is 16.7. The molecule has 0 aliphatic carbocycles. The van der Waals surface area contributed by atoms with E-state index in [9.17, 15) is 0 Å². The molecule has 0 aromatic carbocycles. The molecule has 1 rings (SSSR count). The molecule has 0 aromatic heterocycles. The SMILES string of the molecule is CCOC(CN1CCCN(C)CC1)OCC.